The molecule has 0 amide bonds. The van der Waals surface area contributed by atoms with E-state index < -0.39 is 0 Å². The van der Waals surface area contributed by atoms with E-state index in [1.807, 2.05) is 22.9 Å². The summed E-state index contributed by atoms with van der Waals surface area (Å²) < 4.78 is 1.85. The quantitative estimate of drug-likeness (QED) is 0.548. The lowest BCUT2D eigenvalue weighted by Crippen LogP contribution is -2.51. The molecule has 1 saturated heterocycles. The molecule has 4 aromatic rings. The van der Waals surface area contributed by atoms with E-state index in [1.54, 1.807) is 24.8 Å². The first kappa shape index (κ1) is 17.1. The maximum absolute atomic E-state index is 6.05. The van der Waals surface area contributed by atoms with Crippen molar-refractivity contribution in [2.75, 3.05) is 18.0 Å². The summed E-state index contributed by atoms with van der Waals surface area (Å²) in [7, 11) is 0. The topological polar surface area (TPSA) is 99.9 Å². The Morgan fingerprint density at radius 3 is 2.93 bits per heavy atom. The van der Waals surface area contributed by atoms with Crippen LogP contribution in [0.3, 0.4) is 0 Å². The molecule has 9 nitrogen and oxygen atoms in total. The maximum Gasteiger partial charge on any atom is 0.180 e. The zero-order valence-electron chi connectivity index (χ0n) is 15.1. The zero-order valence-corrected chi connectivity index (χ0v) is 15.9. The van der Waals surface area contributed by atoms with Gasteiger partial charge in [-0.25, -0.2) is 19.9 Å². The fraction of sp³-hybridized carbons (Fsp3) is 0.278. The first-order valence-electron chi connectivity index (χ1n) is 8.99. The Hall–Kier alpha value is -3.04. The van der Waals surface area contributed by atoms with Gasteiger partial charge >= 0.3 is 0 Å². The number of H-pyrrole nitrogens is 1. The Bertz CT molecular complexity index is 1110. The van der Waals surface area contributed by atoms with Crippen LogP contribution in [0.15, 0.2) is 43.2 Å². The predicted molar refractivity (Wildman–Crippen MR) is 105 cm³/mol. The number of nitrogens with zero attached hydrogens (tertiary/aromatic N) is 7. The number of halogens is 1. The summed E-state index contributed by atoms with van der Waals surface area (Å²) >= 11 is 6.05. The van der Waals surface area contributed by atoms with Gasteiger partial charge in [0.05, 0.1) is 24.6 Å². The average Bonchev–Trinajstić information content (AvgIpc) is 3.37. The van der Waals surface area contributed by atoms with Gasteiger partial charge in [-0.1, -0.05) is 11.6 Å². The first-order chi connectivity index (χ1) is 13.7. The molecular formula is C18H18ClN9. The molecule has 5 heterocycles. The molecular weight excluding hydrogens is 378 g/mol. The fourth-order valence-corrected chi connectivity index (χ4v) is 3.74. The number of imidazole rings is 1. The number of rotatable bonds is 3. The highest BCUT2D eigenvalue weighted by Gasteiger charge is 2.27. The molecule has 1 aliphatic heterocycles. The molecule has 0 saturated carbocycles. The summed E-state index contributed by atoms with van der Waals surface area (Å²) in [5, 5.41) is 11.0. The Kier molecular flexibility index (Phi) is 4.18. The average molecular weight is 396 g/mol. The Morgan fingerprint density at radius 1 is 1.14 bits per heavy atom. The highest BCUT2D eigenvalue weighted by Crippen LogP contribution is 2.25. The number of aromatic amines is 1. The van der Waals surface area contributed by atoms with Crippen molar-refractivity contribution in [3.8, 4) is 11.5 Å². The summed E-state index contributed by atoms with van der Waals surface area (Å²) in [6.07, 6.45) is 10.6. The van der Waals surface area contributed by atoms with Gasteiger partial charge in [-0.15, -0.1) is 0 Å². The van der Waals surface area contributed by atoms with Gasteiger partial charge in [0.1, 0.15) is 16.7 Å². The third-order valence-corrected chi connectivity index (χ3v) is 5.06. The van der Waals surface area contributed by atoms with E-state index in [0.29, 0.717) is 22.7 Å². The molecule has 0 aromatic carbocycles. The van der Waals surface area contributed by atoms with Gasteiger partial charge in [-0.05, 0) is 13.0 Å². The fourth-order valence-electron chi connectivity index (χ4n) is 3.59. The summed E-state index contributed by atoms with van der Waals surface area (Å²) in [5.41, 5.74) is 2.61. The zero-order chi connectivity index (χ0) is 19.1. The maximum atomic E-state index is 6.05. The molecule has 2 atom stereocenters. The van der Waals surface area contributed by atoms with Crippen LogP contribution < -0.4 is 10.2 Å². The van der Waals surface area contributed by atoms with E-state index >= 15 is 0 Å². The molecule has 2 unspecified atom stereocenters. The van der Waals surface area contributed by atoms with Crippen molar-refractivity contribution in [3.05, 3.63) is 54.0 Å². The second kappa shape index (κ2) is 6.84. The third kappa shape index (κ3) is 3.08. The molecule has 1 fully saturated rings. The normalized spacial score (nSPS) is 20.0. The van der Waals surface area contributed by atoms with Crippen LogP contribution >= 0.6 is 11.6 Å². The van der Waals surface area contributed by atoms with Crippen molar-refractivity contribution < 1.29 is 0 Å². The van der Waals surface area contributed by atoms with E-state index in [4.69, 9.17) is 16.6 Å². The van der Waals surface area contributed by atoms with Crippen molar-refractivity contribution in [2.24, 2.45) is 0 Å². The van der Waals surface area contributed by atoms with Crippen LogP contribution in [0, 0.1) is 0 Å². The highest BCUT2D eigenvalue weighted by atomic mass is 35.5. The van der Waals surface area contributed by atoms with E-state index in [9.17, 15) is 0 Å². The minimum atomic E-state index is 0.182. The second-order valence-electron chi connectivity index (χ2n) is 6.88. The minimum absolute atomic E-state index is 0.182. The van der Waals surface area contributed by atoms with Gasteiger partial charge < -0.3 is 10.2 Å². The number of piperazine rings is 1. The summed E-state index contributed by atoms with van der Waals surface area (Å²) in [4.78, 5) is 20.0. The van der Waals surface area contributed by atoms with Crippen LogP contribution in [0.5, 0.6) is 0 Å². The van der Waals surface area contributed by atoms with Gasteiger partial charge in [-0.2, -0.15) is 5.10 Å². The van der Waals surface area contributed by atoms with Crippen LogP contribution in [0.1, 0.15) is 18.5 Å². The predicted octanol–water partition coefficient (Wildman–Crippen LogP) is 2.10. The number of hydrogen-bond acceptors (Lipinski definition) is 7. The smallest absolute Gasteiger partial charge is 0.180 e. The molecule has 0 spiro atoms. The van der Waals surface area contributed by atoms with Crippen LogP contribution in [0.2, 0.25) is 5.15 Å². The lowest BCUT2D eigenvalue weighted by atomic mass is 10.1. The van der Waals surface area contributed by atoms with Crippen molar-refractivity contribution in [3.63, 3.8) is 0 Å². The number of anilines is 1. The van der Waals surface area contributed by atoms with Gasteiger partial charge in [0, 0.05) is 43.3 Å². The first-order valence-corrected chi connectivity index (χ1v) is 9.37. The van der Waals surface area contributed by atoms with Crippen molar-refractivity contribution >= 4 is 23.1 Å². The van der Waals surface area contributed by atoms with E-state index in [0.717, 1.165) is 30.2 Å². The van der Waals surface area contributed by atoms with Gasteiger partial charge in [0.15, 0.2) is 11.5 Å². The minimum Gasteiger partial charge on any atom is -0.353 e. The standard InChI is InChI=1S/C18H18ClN9/c1-11-8-27(9-13(25-11)12-4-23-24-5-12)16-2-3-20-18(26-16)14-6-22-17-7-21-15(19)10-28(14)17/h2-7,10-11,13,25H,8-9H2,1H3,(H,23,24). The van der Waals surface area contributed by atoms with Crippen LogP contribution in [0.25, 0.3) is 17.2 Å². The molecule has 142 valence electrons. The van der Waals surface area contributed by atoms with E-state index in [-0.39, 0.29) is 6.04 Å². The monoisotopic (exact) mass is 395 g/mol. The summed E-state index contributed by atoms with van der Waals surface area (Å²) in [5.74, 6) is 1.47. The Labute approximate surface area is 165 Å². The summed E-state index contributed by atoms with van der Waals surface area (Å²) in [6, 6.07) is 2.43. The van der Waals surface area contributed by atoms with Crippen LogP contribution in [-0.2, 0) is 0 Å². The molecule has 5 rings (SSSR count). The molecule has 2 N–H and O–H groups in total. The molecule has 10 heteroatoms. The van der Waals surface area contributed by atoms with E-state index in [1.165, 1.54) is 0 Å². The molecule has 4 aromatic heterocycles. The van der Waals surface area contributed by atoms with Crippen molar-refractivity contribution in [1.82, 2.24) is 39.9 Å². The third-order valence-electron chi connectivity index (χ3n) is 4.86. The van der Waals surface area contributed by atoms with Gasteiger partial charge in [0.2, 0.25) is 0 Å². The second-order valence-corrected chi connectivity index (χ2v) is 7.26. The number of hydrogen-bond donors (Lipinski definition) is 2. The Morgan fingerprint density at radius 2 is 2.07 bits per heavy atom. The van der Waals surface area contributed by atoms with Gasteiger partial charge in [-0.3, -0.25) is 9.50 Å². The van der Waals surface area contributed by atoms with Crippen LogP contribution in [0.4, 0.5) is 5.82 Å². The Balaban J connectivity index is 1.49. The SMILES string of the molecule is CC1CN(c2ccnc(-c3cnc4cnc(Cl)cn34)n2)CC(c2cn[nH]c2)N1. The van der Waals surface area contributed by atoms with Crippen LogP contribution in [-0.4, -0.2) is 53.7 Å². The molecule has 0 aliphatic carbocycles. The highest BCUT2D eigenvalue weighted by molar-refractivity contribution is 6.29. The molecule has 28 heavy (non-hydrogen) atoms. The lowest BCUT2D eigenvalue weighted by Gasteiger charge is -2.38. The summed E-state index contributed by atoms with van der Waals surface area (Å²) in [6.45, 7) is 3.82. The van der Waals surface area contributed by atoms with E-state index in [2.05, 4.69) is 42.3 Å². The largest absolute Gasteiger partial charge is 0.353 e. The number of fused-ring (bicyclic) bond motifs is 1. The molecule has 0 bridgehead atoms. The van der Waals surface area contributed by atoms with Crippen molar-refractivity contribution in [2.45, 2.75) is 19.0 Å². The van der Waals surface area contributed by atoms with Crippen molar-refractivity contribution in [1.29, 1.82) is 0 Å². The molecule has 1 aliphatic rings. The number of nitrogens with one attached hydrogen (secondary N) is 2. The lowest BCUT2D eigenvalue weighted by molar-refractivity contribution is 0.394. The van der Waals surface area contributed by atoms with Gasteiger partial charge in [0.25, 0.3) is 0 Å². The molecule has 0 radical (unpaired) electrons. The number of aromatic nitrogens is 7.